The molecule has 0 bridgehead atoms. The van der Waals surface area contributed by atoms with Gasteiger partial charge in [-0.1, -0.05) is 13.3 Å². The quantitative estimate of drug-likeness (QED) is 0.889. The van der Waals surface area contributed by atoms with Crippen LogP contribution >= 0.6 is 0 Å². The molecule has 1 aromatic heterocycles. The van der Waals surface area contributed by atoms with Crippen molar-refractivity contribution in [2.75, 3.05) is 44.4 Å². The fraction of sp³-hybridized carbons (Fsp3) is 0.733. The minimum absolute atomic E-state index is 0.632. The molecule has 1 fully saturated rings. The molecule has 0 radical (unpaired) electrons. The normalized spacial score (nSPS) is 17.4. The molecular weight excluding hydrogens is 250 g/mol. The smallest absolute Gasteiger partial charge is 0.137 e. The van der Waals surface area contributed by atoms with Crippen molar-refractivity contribution in [2.45, 2.75) is 32.6 Å². The van der Waals surface area contributed by atoms with Gasteiger partial charge in [-0.05, 0) is 45.3 Å². The highest BCUT2D eigenvalue weighted by atomic mass is 15.2. The number of hydrogen-bond donors (Lipinski definition) is 1. The SMILES string of the molecule is CCCc1c(N)ncnc1N(C)CC1CCN(C)CC1. The Morgan fingerprint density at radius 1 is 1.35 bits per heavy atom. The fourth-order valence-corrected chi connectivity index (χ4v) is 2.95. The third-order valence-corrected chi connectivity index (χ3v) is 4.19. The van der Waals surface area contributed by atoms with E-state index in [2.05, 4.69) is 40.8 Å². The van der Waals surface area contributed by atoms with Gasteiger partial charge in [0.05, 0.1) is 0 Å². The highest BCUT2D eigenvalue weighted by Gasteiger charge is 2.20. The van der Waals surface area contributed by atoms with Gasteiger partial charge in [0.15, 0.2) is 0 Å². The van der Waals surface area contributed by atoms with E-state index < -0.39 is 0 Å². The van der Waals surface area contributed by atoms with Crippen LogP contribution in [0.4, 0.5) is 11.6 Å². The third-order valence-electron chi connectivity index (χ3n) is 4.19. The van der Waals surface area contributed by atoms with Gasteiger partial charge in [-0.3, -0.25) is 0 Å². The van der Waals surface area contributed by atoms with Crippen LogP contribution in [0.2, 0.25) is 0 Å². The van der Waals surface area contributed by atoms with E-state index in [1.54, 1.807) is 6.33 Å². The summed E-state index contributed by atoms with van der Waals surface area (Å²) >= 11 is 0. The second kappa shape index (κ2) is 6.88. The van der Waals surface area contributed by atoms with Gasteiger partial charge in [-0.15, -0.1) is 0 Å². The van der Waals surface area contributed by atoms with Crippen LogP contribution < -0.4 is 10.6 Å². The standard InChI is InChI=1S/C15H27N5/c1-4-5-13-14(16)17-11-18-15(13)20(3)10-12-6-8-19(2)9-7-12/h11-12H,4-10H2,1-3H3,(H2,16,17,18). The predicted molar refractivity (Wildman–Crippen MR) is 83.9 cm³/mol. The molecule has 0 unspecified atom stereocenters. The van der Waals surface area contributed by atoms with Crippen LogP contribution in [0.3, 0.4) is 0 Å². The summed E-state index contributed by atoms with van der Waals surface area (Å²) < 4.78 is 0. The zero-order valence-corrected chi connectivity index (χ0v) is 13.0. The Kier molecular flexibility index (Phi) is 5.17. The van der Waals surface area contributed by atoms with Crippen LogP contribution in [0.15, 0.2) is 6.33 Å². The van der Waals surface area contributed by atoms with E-state index in [-0.39, 0.29) is 0 Å². The molecule has 0 atom stereocenters. The van der Waals surface area contributed by atoms with Crippen molar-refractivity contribution < 1.29 is 0 Å². The molecule has 1 aliphatic heterocycles. The highest BCUT2D eigenvalue weighted by Crippen LogP contribution is 2.25. The molecule has 2 N–H and O–H groups in total. The third kappa shape index (κ3) is 3.60. The van der Waals surface area contributed by atoms with Crippen LogP contribution in [0.25, 0.3) is 0 Å². The molecule has 1 aromatic rings. The van der Waals surface area contributed by atoms with E-state index in [0.29, 0.717) is 5.82 Å². The Hall–Kier alpha value is -1.36. The lowest BCUT2D eigenvalue weighted by Crippen LogP contribution is -2.36. The number of piperidine rings is 1. The van der Waals surface area contributed by atoms with Crippen molar-refractivity contribution in [3.05, 3.63) is 11.9 Å². The minimum Gasteiger partial charge on any atom is -0.383 e. The maximum Gasteiger partial charge on any atom is 0.137 e. The molecule has 0 amide bonds. The van der Waals surface area contributed by atoms with Crippen molar-refractivity contribution in [3.8, 4) is 0 Å². The summed E-state index contributed by atoms with van der Waals surface area (Å²) in [5.41, 5.74) is 7.11. The van der Waals surface area contributed by atoms with Crippen LogP contribution in [0, 0.1) is 5.92 Å². The summed E-state index contributed by atoms with van der Waals surface area (Å²) in [6, 6.07) is 0. The Morgan fingerprint density at radius 3 is 2.70 bits per heavy atom. The Morgan fingerprint density at radius 2 is 2.05 bits per heavy atom. The number of anilines is 2. The summed E-state index contributed by atoms with van der Waals surface area (Å²) in [6.45, 7) is 5.62. The van der Waals surface area contributed by atoms with Crippen molar-refractivity contribution in [3.63, 3.8) is 0 Å². The number of aromatic nitrogens is 2. The molecule has 2 heterocycles. The average molecular weight is 277 g/mol. The number of hydrogen-bond acceptors (Lipinski definition) is 5. The van der Waals surface area contributed by atoms with E-state index in [4.69, 9.17) is 5.73 Å². The van der Waals surface area contributed by atoms with Gasteiger partial charge in [0.25, 0.3) is 0 Å². The first kappa shape index (κ1) is 15.0. The van der Waals surface area contributed by atoms with E-state index in [9.17, 15) is 0 Å². The molecule has 2 rings (SSSR count). The summed E-state index contributed by atoms with van der Waals surface area (Å²) in [7, 11) is 4.32. The van der Waals surface area contributed by atoms with E-state index >= 15 is 0 Å². The summed E-state index contributed by atoms with van der Waals surface area (Å²) in [4.78, 5) is 13.3. The molecule has 1 saturated heterocycles. The first-order valence-corrected chi connectivity index (χ1v) is 7.60. The lowest BCUT2D eigenvalue weighted by Gasteiger charge is -2.32. The second-order valence-electron chi connectivity index (χ2n) is 5.94. The van der Waals surface area contributed by atoms with Crippen molar-refractivity contribution >= 4 is 11.6 Å². The molecule has 5 nitrogen and oxygen atoms in total. The first-order valence-electron chi connectivity index (χ1n) is 7.60. The predicted octanol–water partition coefficient (Wildman–Crippen LogP) is 1.79. The van der Waals surface area contributed by atoms with E-state index in [0.717, 1.165) is 36.7 Å². The van der Waals surface area contributed by atoms with Crippen molar-refractivity contribution in [1.29, 1.82) is 0 Å². The van der Waals surface area contributed by atoms with Gasteiger partial charge in [0, 0.05) is 19.2 Å². The topological polar surface area (TPSA) is 58.3 Å². The average Bonchev–Trinajstić information content (AvgIpc) is 2.43. The zero-order valence-electron chi connectivity index (χ0n) is 13.0. The molecule has 1 aliphatic rings. The van der Waals surface area contributed by atoms with Crippen LogP contribution in [-0.2, 0) is 6.42 Å². The lowest BCUT2D eigenvalue weighted by atomic mass is 9.96. The lowest BCUT2D eigenvalue weighted by molar-refractivity contribution is 0.222. The van der Waals surface area contributed by atoms with Gasteiger partial charge in [-0.25, -0.2) is 9.97 Å². The maximum absolute atomic E-state index is 6.01. The zero-order chi connectivity index (χ0) is 14.5. The van der Waals surface area contributed by atoms with Gasteiger partial charge in [0.2, 0.25) is 0 Å². The van der Waals surface area contributed by atoms with Gasteiger partial charge in [-0.2, -0.15) is 0 Å². The molecule has 0 saturated carbocycles. The molecular formula is C15H27N5. The summed E-state index contributed by atoms with van der Waals surface area (Å²) in [5, 5.41) is 0. The van der Waals surface area contributed by atoms with Crippen LogP contribution in [0.1, 0.15) is 31.7 Å². The molecule has 20 heavy (non-hydrogen) atoms. The summed E-state index contributed by atoms with van der Waals surface area (Å²) in [6.07, 6.45) is 6.12. The Bertz CT molecular complexity index is 426. The molecule has 112 valence electrons. The summed E-state index contributed by atoms with van der Waals surface area (Å²) in [5.74, 6) is 2.40. The maximum atomic E-state index is 6.01. The van der Waals surface area contributed by atoms with E-state index in [1.807, 2.05) is 0 Å². The highest BCUT2D eigenvalue weighted by molar-refractivity contribution is 5.56. The van der Waals surface area contributed by atoms with Crippen molar-refractivity contribution in [2.24, 2.45) is 5.92 Å². The monoisotopic (exact) mass is 277 g/mol. The van der Waals surface area contributed by atoms with Gasteiger partial charge in [0.1, 0.15) is 18.0 Å². The number of nitrogens with two attached hydrogens (primary N) is 1. The molecule has 5 heteroatoms. The fourth-order valence-electron chi connectivity index (χ4n) is 2.95. The van der Waals surface area contributed by atoms with Gasteiger partial charge < -0.3 is 15.5 Å². The van der Waals surface area contributed by atoms with Crippen LogP contribution in [0.5, 0.6) is 0 Å². The van der Waals surface area contributed by atoms with E-state index in [1.165, 1.54) is 25.9 Å². The Balaban J connectivity index is 2.05. The van der Waals surface area contributed by atoms with Crippen molar-refractivity contribution in [1.82, 2.24) is 14.9 Å². The van der Waals surface area contributed by atoms with Gasteiger partial charge >= 0.3 is 0 Å². The van der Waals surface area contributed by atoms with Crippen LogP contribution in [-0.4, -0.2) is 48.6 Å². The number of rotatable bonds is 5. The number of nitrogen functional groups attached to an aromatic ring is 1. The first-order chi connectivity index (χ1) is 9.61. The second-order valence-corrected chi connectivity index (χ2v) is 5.94. The number of nitrogens with zero attached hydrogens (tertiary/aromatic N) is 4. The Labute approximate surface area is 122 Å². The minimum atomic E-state index is 0.632. The largest absolute Gasteiger partial charge is 0.383 e. The molecule has 0 aromatic carbocycles. The molecule has 0 aliphatic carbocycles. The number of likely N-dealkylation sites (tertiary alicyclic amines) is 1. The molecule has 0 spiro atoms.